The van der Waals surface area contributed by atoms with Gasteiger partial charge in [0.05, 0.1) is 23.8 Å². The Morgan fingerprint density at radius 1 is 1.37 bits per heavy atom. The fraction of sp³-hybridized carbons (Fsp3) is 0.300. The molecule has 4 rings (SSSR count). The first-order valence-corrected chi connectivity index (χ1v) is 10.9. The van der Waals surface area contributed by atoms with Gasteiger partial charge >= 0.3 is 5.97 Å². The van der Waals surface area contributed by atoms with E-state index < -0.39 is 23.9 Å². The van der Waals surface area contributed by atoms with E-state index in [0.29, 0.717) is 20.5 Å². The maximum atomic E-state index is 12.4. The van der Waals surface area contributed by atoms with Crippen LogP contribution >= 0.6 is 23.1 Å². The van der Waals surface area contributed by atoms with Crippen LogP contribution in [-0.4, -0.2) is 50.0 Å². The molecule has 1 unspecified atom stereocenters. The van der Waals surface area contributed by atoms with Gasteiger partial charge in [0.15, 0.2) is 4.34 Å². The molecule has 1 aromatic carbocycles. The second-order valence-corrected chi connectivity index (χ2v) is 9.46. The van der Waals surface area contributed by atoms with Gasteiger partial charge in [-0.15, -0.1) is 11.3 Å². The van der Waals surface area contributed by atoms with E-state index in [1.54, 1.807) is 25.1 Å². The highest BCUT2D eigenvalue weighted by molar-refractivity contribution is 8.04. The molecule has 1 fully saturated rings. The molecule has 2 aromatic rings. The first-order chi connectivity index (χ1) is 14.2. The summed E-state index contributed by atoms with van der Waals surface area (Å²) >= 11 is 2.57. The molecule has 2 aliphatic rings. The van der Waals surface area contributed by atoms with Crippen molar-refractivity contribution < 1.29 is 24.6 Å². The van der Waals surface area contributed by atoms with Crippen molar-refractivity contribution in [3.63, 3.8) is 0 Å². The van der Waals surface area contributed by atoms with Crippen molar-refractivity contribution in [2.45, 2.75) is 30.3 Å². The molecule has 8 nitrogen and oxygen atoms in total. The van der Waals surface area contributed by atoms with E-state index >= 15 is 0 Å². The highest BCUT2D eigenvalue weighted by Crippen LogP contribution is 2.52. The molecule has 0 aliphatic carbocycles. The van der Waals surface area contributed by atoms with Crippen molar-refractivity contribution in [1.29, 1.82) is 0 Å². The number of rotatable bonds is 6. The molecule has 3 heterocycles. The quantitative estimate of drug-likeness (QED) is 0.580. The topological polar surface area (TPSA) is 134 Å². The predicted molar refractivity (Wildman–Crippen MR) is 112 cm³/mol. The van der Waals surface area contributed by atoms with E-state index in [-0.39, 0.29) is 23.6 Å². The largest absolute Gasteiger partial charge is 0.477 e. The average molecular weight is 446 g/mol. The Morgan fingerprint density at radius 3 is 2.73 bits per heavy atom. The van der Waals surface area contributed by atoms with Crippen LogP contribution in [0.3, 0.4) is 0 Å². The Bertz CT molecular complexity index is 1090. The Labute approximate surface area is 180 Å². The number of β-lactam (4-membered cyclic amide) rings is 1. The molecule has 1 saturated heterocycles. The minimum atomic E-state index is -1.17. The number of aliphatic carboxylic acids is 1. The molecule has 156 valence electrons. The fourth-order valence-electron chi connectivity index (χ4n) is 4.02. The van der Waals surface area contributed by atoms with Gasteiger partial charge in [-0.1, -0.05) is 30.8 Å². The molecule has 0 bridgehead atoms. The van der Waals surface area contributed by atoms with Crippen LogP contribution in [0.1, 0.15) is 24.2 Å². The van der Waals surface area contributed by atoms with Gasteiger partial charge in [0.2, 0.25) is 11.8 Å². The average Bonchev–Trinajstić information content (AvgIpc) is 3.24. The number of amides is 2. The SMILES string of the molecule is CC(O)[C@H]1C(=O)N2C(C(=O)O)=C(Sc3nc(-c4cccc(C(N)=O)c4)cs3)[C@H](C)[C@H]12. The lowest BCUT2D eigenvalue weighted by atomic mass is 9.79. The second kappa shape index (κ2) is 7.53. The van der Waals surface area contributed by atoms with Crippen LogP contribution in [0.5, 0.6) is 0 Å². The van der Waals surface area contributed by atoms with Crippen molar-refractivity contribution in [2.24, 2.45) is 17.6 Å². The van der Waals surface area contributed by atoms with Gasteiger partial charge in [0.25, 0.3) is 0 Å². The standard InChI is InChI=1S/C20H19N3O5S2/c1-8-14-13(9(2)24)18(26)23(14)15(19(27)28)16(8)30-20-22-12(7-29-20)10-4-3-5-11(6-10)17(21)25/h3-9,13-14,24H,1-2H3,(H2,21,25)(H,27,28)/t8-,9?,13-,14-/m1/s1. The first-order valence-electron chi connectivity index (χ1n) is 9.23. The number of hydrogen-bond donors (Lipinski definition) is 3. The number of nitrogens with zero attached hydrogens (tertiary/aromatic N) is 2. The van der Waals surface area contributed by atoms with Crippen molar-refractivity contribution in [3.05, 3.63) is 45.8 Å². The Balaban J connectivity index is 1.63. The number of fused-ring (bicyclic) bond motifs is 1. The molecular weight excluding hydrogens is 426 g/mol. The molecule has 10 heteroatoms. The molecule has 4 N–H and O–H groups in total. The Kier molecular flexibility index (Phi) is 5.16. The van der Waals surface area contributed by atoms with Gasteiger partial charge in [-0.05, 0) is 19.1 Å². The van der Waals surface area contributed by atoms with Crippen LogP contribution < -0.4 is 5.73 Å². The lowest BCUT2D eigenvalue weighted by molar-refractivity contribution is -0.163. The number of benzene rings is 1. The number of aliphatic hydroxyl groups excluding tert-OH is 1. The van der Waals surface area contributed by atoms with Gasteiger partial charge in [-0.3, -0.25) is 9.59 Å². The van der Waals surface area contributed by atoms with E-state index in [9.17, 15) is 24.6 Å². The summed E-state index contributed by atoms with van der Waals surface area (Å²) in [7, 11) is 0. The number of thioether (sulfide) groups is 1. The van der Waals surface area contributed by atoms with Crippen LogP contribution in [0.25, 0.3) is 11.3 Å². The number of aromatic nitrogens is 1. The zero-order chi connectivity index (χ0) is 21.7. The number of primary amides is 1. The van der Waals surface area contributed by atoms with Gasteiger partial charge < -0.3 is 20.8 Å². The molecular formula is C20H19N3O5S2. The maximum absolute atomic E-state index is 12.4. The number of carboxylic acids is 1. The van der Waals surface area contributed by atoms with Crippen LogP contribution in [0.2, 0.25) is 0 Å². The third-order valence-corrected chi connectivity index (χ3v) is 7.66. The third kappa shape index (κ3) is 3.21. The molecule has 30 heavy (non-hydrogen) atoms. The number of nitrogens with two attached hydrogens (primary N) is 1. The van der Waals surface area contributed by atoms with E-state index in [4.69, 9.17) is 5.73 Å². The minimum absolute atomic E-state index is 0.0353. The molecule has 0 spiro atoms. The molecule has 2 amide bonds. The molecule has 2 aliphatic heterocycles. The highest BCUT2D eigenvalue weighted by Gasteiger charge is 2.60. The van der Waals surface area contributed by atoms with E-state index in [2.05, 4.69) is 4.98 Å². The van der Waals surface area contributed by atoms with E-state index in [0.717, 1.165) is 5.56 Å². The number of aliphatic hydroxyl groups is 1. The Morgan fingerprint density at radius 2 is 2.10 bits per heavy atom. The number of carbonyl (C=O) groups excluding carboxylic acids is 2. The lowest BCUT2D eigenvalue weighted by Crippen LogP contribution is -2.63. The van der Waals surface area contributed by atoms with Crippen molar-refractivity contribution in [2.75, 3.05) is 0 Å². The van der Waals surface area contributed by atoms with Crippen LogP contribution in [0.15, 0.2) is 44.6 Å². The van der Waals surface area contributed by atoms with Gasteiger partial charge in [0.1, 0.15) is 5.70 Å². The maximum Gasteiger partial charge on any atom is 0.353 e. The molecule has 1 aromatic heterocycles. The number of carbonyl (C=O) groups is 3. The molecule has 0 radical (unpaired) electrons. The fourth-order valence-corrected chi connectivity index (χ4v) is 6.12. The second-order valence-electron chi connectivity index (χ2n) is 7.32. The zero-order valence-corrected chi connectivity index (χ0v) is 17.7. The van der Waals surface area contributed by atoms with E-state index in [1.165, 1.54) is 28.0 Å². The summed E-state index contributed by atoms with van der Waals surface area (Å²) in [4.78, 5) is 42.1. The van der Waals surface area contributed by atoms with Crippen LogP contribution in [0.4, 0.5) is 0 Å². The summed E-state index contributed by atoms with van der Waals surface area (Å²) in [6.45, 7) is 3.41. The molecule has 0 saturated carbocycles. The normalized spacial score (nSPS) is 23.9. The summed E-state index contributed by atoms with van der Waals surface area (Å²) in [5.41, 5.74) is 7.06. The molecule has 4 atom stereocenters. The van der Waals surface area contributed by atoms with E-state index in [1.807, 2.05) is 18.4 Å². The summed E-state index contributed by atoms with van der Waals surface area (Å²) in [6, 6.07) is 6.45. The van der Waals surface area contributed by atoms with Crippen LogP contribution in [0, 0.1) is 11.8 Å². The zero-order valence-electron chi connectivity index (χ0n) is 16.1. The smallest absolute Gasteiger partial charge is 0.353 e. The highest BCUT2D eigenvalue weighted by atomic mass is 32.2. The lowest BCUT2D eigenvalue weighted by Gasteiger charge is -2.46. The predicted octanol–water partition coefficient (Wildman–Crippen LogP) is 2.15. The number of thiazole rings is 1. The number of hydrogen-bond acceptors (Lipinski definition) is 7. The summed E-state index contributed by atoms with van der Waals surface area (Å²) in [6.07, 6.45) is -0.843. The van der Waals surface area contributed by atoms with Crippen molar-refractivity contribution in [1.82, 2.24) is 9.88 Å². The minimum Gasteiger partial charge on any atom is -0.477 e. The summed E-state index contributed by atoms with van der Waals surface area (Å²) in [5, 5.41) is 21.5. The number of carboxylic acid groups (broad SMARTS) is 1. The monoisotopic (exact) mass is 445 g/mol. The van der Waals surface area contributed by atoms with Crippen molar-refractivity contribution >= 4 is 40.9 Å². The first kappa shape index (κ1) is 20.6. The van der Waals surface area contributed by atoms with Crippen molar-refractivity contribution in [3.8, 4) is 11.3 Å². The summed E-state index contributed by atoms with van der Waals surface area (Å²) < 4.78 is 0.624. The van der Waals surface area contributed by atoms with Gasteiger partial charge in [-0.2, -0.15) is 0 Å². The third-order valence-electron chi connectivity index (χ3n) is 5.43. The van der Waals surface area contributed by atoms with Gasteiger partial charge in [-0.25, -0.2) is 9.78 Å². The van der Waals surface area contributed by atoms with Gasteiger partial charge in [0, 0.05) is 27.3 Å². The summed E-state index contributed by atoms with van der Waals surface area (Å²) in [5.74, 6) is -2.90. The Hall–Kier alpha value is -2.69. The van der Waals surface area contributed by atoms with Crippen LogP contribution in [-0.2, 0) is 9.59 Å².